The summed E-state index contributed by atoms with van der Waals surface area (Å²) in [5.74, 6) is -0.667. The number of carbonyl (C=O) groups is 2. The third kappa shape index (κ3) is 3.45. The molecule has 0 radical (unpaired) electrons. The number of carbonyl (C=O) groups excluding carboxylic acids is 2. The molecule has 0 spiro atoms. The molecule has 4 N–H and O–H groups in total. The lowest BCUT2D eigenvalue weighted by atomic mass is 10.0. The SMILES string of the molecule is NC(=O)c1ccc(NC(=O)[C@@H]2CCCCN2)cc1Cl. The van der Waals surface area contributed by atoms with Crippen LogP contribution < -0.4 is 16.4 Å². The maximum atomic E-state index is 12.0. The van der Waals surface area contributed by atoms with Gasteiger partial charge in [0.25, 0.3) is 0 Å². The van der Waals surface area contributed by atoms with Gasteiger partial charge in [0.2, 0.25) is 11.8 Å². The molecule has 2 amide bonds. The number of halogens is 1. The molecule has 1 aromatic carbocycles. The van der Waals surface area contributed by atoms with Crippen molar-refractivity contribution in [2.24, 2.45) is 5.73 Å². The van der Waals surface area contributed by atoms with E-state index in [4.69, 9.17) is 17.3 Å². The molecule has 102 valence electrons. The molecule has 1 aliphatic rings. The van der Waals surface area contributed by atoms with E-state index in [1.807, 2.05) is 0 Å². The molecule has 2 rings (SSSR count). The van der Waals surface area contributed by atoms with Crippen LogP contribution in [0.3, 0.4) is 0 Å². The van der Waals surface area contributed by atoms with Gasteiger partial charge >= 0.3 is 0 Å². The van der Waals surface area contributed by atoms with Crippen LogP contribution in [0.1, 0.15) is 29.6 Å². The summed E-state index contributed by atoms with van der Waals surface area (Å²) >= 11 is 5.93. The first-order chi connectivity index (χ1) is 9.08. The Labute approximate surface area is 116 Å². The average molecular weight is 282 g/mol. The second-order valence-electron chi connectivity index (χ2n) is 4.55. The zero-order valence-electron chi connectivity index (χ0n) is 10.4. The molecule has 1 heterocycles. The number of nitrogens with two attached hydrogens (primary N) is 1. The molecule has 6 heteroatoms. The lowest BCUT2D eigenvalue weighted by Gasteiger charge is -2.22. The Morgan fingerprint density at radius 1 is 1.37 bits per heavy atom. The third-order valence-corrected chi connectivity index (χ3v) is 3.44. The maximum absolute atomic E-state index is 12.0. The number of rotatable bonds is 3. The van der Waals surface area contributed by atoms with E-state index in [1.165, 1.54) is 12.1 Å². The van der Waals surface area contributed by atoms with Gasteiger partial charge in [-0.05, 0) is 37.6 Å². The van der Waals surface area contributed by atoms with Gasteiger partial charge in [0, 0.05) is 5.69 Å². The summed E-state index contributed by atoms with van der Waals surface area (Å²) in [6.07, 6.45) is 2.98. The van der Waals surface area contributed by atoms with Crippen LogP contribution in [0.4, 0.5) is 5.69 Å². The van der Waals surface area contributed by atoms with Crippen molar-refractivity contribution in [1.82, 2.24) is 5.32 Å². The highest BCUT2D eigenvalue weighted by Crippen LogP contribution is 2.21. The lowest BCUT2D eigenvalue weighted by Crippen LogP contribution is -2.43. The number of anilines is 1. The molecule has 1 fully saturated rings. The monoisotopic (exact) mass is 281 g/mol. The predicted octanol–water partition coefficient (Wildman–Crippen LogP) is 1.52. The van der Waals surface area contributed by atoms with Crippen LogP contribution >= 0.6 is 11.6 Å². The fourth-order valence-corrected chi connectivity index (χ4v) is 2.37. The van der Waals surface area contributed by atoms with Gasteiger partial charge in [-0.3, -0.25) is 9.59 Å². The molecule has 0 aromatic heterocycles. The van der Waals surface area contributed by atoms with Gasteiger partial charge in [-0.2, -0.15) is 0 Å². The first-order valence-electron chi connectivity index (χ1n) is 6.21. The molecule has 0 aliphatic carbocycles. The lowest BCUT2D eigenvalue weighted by molar-refractivity contribution is -0.118. The Hall–Kier alpha value is -1.59. The molecule has 19 heavy (non-hydrogen) atoms. The molecular formula is C13H16ClN3O2. The third-order valence-electron chi connectivity index (χ3n) is 3.13. The Morgan fingerprint density at radius 3 is 2.74 bits per heavy atom. The smallest absolute Gasteiger partial charge is 0.250 e. The fourth-order valence-electron chi connectivity index (χ4n) is 2.10. The summed E-state index contributed by atoms with van der Waals surface area (Å²) in [5, 5.41) is 6.18. The van der Waals surface area contributed by atoms with E-state index >= 15 is 0 Å². The van der Waals surface area contributed by atoms with E-state index in [9.17, 15) is 9.59 Å². The van der Waals surface area contributed by atoms with E-state index in [0.29, 0.717) is 5.69 Å². The van der Waals surface area contributed by atoms with Crippen molar-refractivity contribution >= 4 is 29.1 Å². The number of hydrogen-bond donors (Lipinski definition) is 3. The maximum Gasteiger partial charge on any atom is 0.250 e. The molecule has 1 aliphatic heterocycles. The van der Waals surface area contributed by atoms with Crippen LogP contribution in [-0.4, -0.2) is 24.4 Å². The minimum absolute atomic E-state index is 0.0809. The van der Waals surface area contributed by atoms with E-state index in [2.05, 4.69) is 10.6 Å². The van der Waals surface area contributed by atoms with Gasteiger partial charge in [0.15, 0.2) is 0 Å². The van der Waals surface area contributed by atoms with Crippen molar-refractivity contribution in [2.75, 3.05) is 11.9 Å². The summed E-state index contributed by atoms with van der Waals surface area (Å²) in [6, 6.07) is 4.49. The first kappa shape index (κ1) is 13.8. The van der Waals surface area contributed by atoms with Crippen molar-refractivity contribution in [3.63, 3.8) is 0 Å². The minimum atomic E-state index is -0.586. The number of benzene rings is 1. The summed E-state index contributed by atoms with van der Waals surface area (Å²) in [4.78, 5) is 23.0. The Morgan fingerprint density at radius 2 is 2.16 bits per heavy atom. The van der Waals surface area contributed by atoms with Crippen LogP contribution in [0.25, 0.3) is 0 Å². The van der Waals surface area contributed by atoms with Gasteiger partial charge in [0.1, 0.15) is 0 Å². The predicted molar refractivity (Wildman–Crippen MR) is 74.2 cm³/mol. The van der Waals surface area contributed by atoms with Gasteiger partial charge in [-0.15, -0.1) is 0 Å². The highest BCUT2D eigenvalue weighted by Gasteiger charge is 2.20. The average Bonchev–Trinajstić information content (AvgIpc) is 2.39. The van der Waals surface area contributed by atoms with Crippen LogP contribution in [0.15, 0.2) is 18.2 Å². The van der Waals surface area contributed by atoms with E-state index in [1.54, 1.807) is 6.07 Å². The Balaban J connectivity index is 2.04. The molecule has 1 atom stereocenters. The molecular weight excluding hydrogens is 266 g/mol. The molecule has 1 saturated heterocycles. The minimum Gasteiger partial charge on any atom is -0.366 e. The molecule has 1 aromatic rings. The molecule has 0 unspecified atom stereocenters. The number of primary amides is 1. The summed E-state index contributed by atoms with van der Waals surface area (Å²) in [7, 11) is 0. The quantitative estimate of drug-likeness (QED) is 0.785. The second-order valence-corrected chi connectivity index (χ2v) is 4.96. The zero-order chi connectivity index (χ0) is 13.8. The molecule has 0 bridgehead atoms. The summed E-state index contributed by atoms with van der Waals surface area (Å²) in [5.41, 5.74) is 5.97. The topological polar surface area (TPSA) is 84.2 Å². The highest BCUT2D eigenvalue weighted by atomic mass is 35.5. The van der Waals surface area contributed by atoms with E-state index < -0.39 is 5.91 Å². The summed E-state index contributed by atoms with van der Waals surface area (Å²) in [6.45, 7) is 0.861. The standard InChI is InChI=1S/C13H16ClN3O2/c14-10-7-8(4-5-9(10)12(15)18)17-13(19)11-3-1-2-6-16-11/h4-5,7,11,16H,1-3,6H2,(H2,15,18)(H,17,19)/t11-/m0/s1. The van der Waals surface area contributed by atoms with E-state index in [-0.39, 0.29) is 22.5 Å². The normalized spacial score (nSPS) is 18.9. The number of hydrogen-bond acceptors (Lipinski definition) is 3. The molecule has 0 saturated carbocycles. The highest BCUT2D eigenvalue weighted by molar-refractivity contribution is 6.34. The van der Waals surface area contributed by atoms with Crippen LogP contribution in [0, 0.1) is 0 Å². The second kappa shape index (κ2) is 6.04. The van der Waals surface area contributed by atoms with Crippen molar-refractivity contribution in [1.29, 1.82) is 0 Å². The van der Waals surface area contributed by atoms with Crippen LogP contribution in [0.2, 0.25) is 5.02 Å². The van der Waals surface area contributed by atoms with Crippen molar-refractivity contribution < 1.29 is 9.59 Å². The van der Waals surface area contributed by atoms with Crippen LogP contribution in [0.5, 0.6) is 0 Å². The summed E-state index contributed by atoms with van der Waals surface area (Å²) < 4.78 is 0. The molecule has 5 nitrogen and oxygen atoms in total. The number of amides is 2. The van der Waals surface area contributed by atoms with Gasteiger partial charge in [-0.1, -0.05) is 18.0 Å². The van der Waals surface area contributed by atoms with Crippen molar-refractivity contribution in [3.05, 3.63) is 28.8 Å². The van der Waals surface area contributed by atoms with E-state index in [0.717, 1.165) is 25.8 Å². The number of piperidine rings is 1. The van der Waals surface area contributed by atoms with Gasteiger partial charge in [0.05, 0.1) is 16.6 Å². The van der Waals surface area contributed by atoms with Crippen molar-refractivity contribution in [3.8, 4) is 0 Å². The number of nitrogens with one attached hydrogen (secondary N) is 2. The Kier molecular flexibility index (Phi) is 4.39. The van der Waals surface area contributed by atoms with Crippen LogP contribution in [-0.2, 0) is 4.79 Å². The zero-order valence-corrected chi connectivity index (χ0v) is 11.2. The van der Waals surface area contributed by atoms with Gasteiger partial charge < -0.3 is 16.4 Å². The fraction of sp³-hybridized carbons (Fsp3) is 0.385. The van der Waals surface area contributed by atoms with Crippen molar-refractivity contribution in [2.45, 2.75) is 25.3 Å². The first-order valence-corrected chi connectivity index (χ1v) is 6.59. The largest absolute Gasteiger partial charge is 0.366 e. The Bertz CT molecular complexity index is 499. The van der Waals surface area contributed by atoms with Gasteiger partial charge in [-0.25, -0.2) is 0 Å².